The van der Waals surface area contributed by atoms with Crippen molar-refractivity contribution in [3.63, 3.8) is 0 Å². The summed E-state index contributed by atoms with van der Waals surface area (Å²) in [5.41, 5.74) is 3.51. The maximum atomic E-state index is 14.1. The van der Waals surface area contributed by atoms with E-state index >= 15 is 0 Å². The smallest absolute Gasteiger partial charge is 0.229 e. The highest BCUT2D eigenvalue weighted by Crippen LogP contribution is 2.57. The van der Waals surface area contributed by atoms with Gasteiger partial charge in [-0.3, -0.25) is 14.3 Å². The fraction of sp³-hybridized carbons (Fsp3) is 0.312. The molecule has 5 rings (SSSR count). The molecule has 1 aliphatic rings. The molecule has 40 heavy (non-hydrogen) atoms. The monoisotopic (exact) mass is 568 g/mol. The molecule has 2 heterocycles. The Labute approximate surface area is 241 Å². The van der Waals surface area contributed by atoms with Crippen LogP contribution in [0.2, 0.25) is 18.1 Å². The largest absolute Gasteiger partial charge is 0.356 e. The molecule has 0 bridgehead atoms. The van der Waals surface area contributed by atoms with Crippen LogP contribution in [0.5, 0.6) is 0 Å². The van der Waals surface area contributed by atoms with E-state index in [4.69, 9.17) is 0 Å². The number of carbonyl (C=O) groups is 2. The van der Waals surface area contributed by atoms with Crippen molar-refractivity contribution in [1.29, 1.82) is 0 Å². The number of ketones is 1. The number of rotatable bonds is 8. The van der Waals surface area contributed by atoms with E-state index in [9.17, 15) is 9.59 Å². The summed E-state index contributed by atoms with van der Waals surface area (Å²) < 4.78 is 2.91. The second-order valence-corrected chi connectivity index (χ2v) is 18.4. The first-order valence-electron chi connectivity index (χ1n) is 13.6. The number of aryl methyl sites for hydroxylation is 1. The van der Waals surface area contributed by atoms with Crippen molar-refractivity contribution in [2.24, 2.45) is 13.0 Å². The van der Waals surface area contributed by atoms with Crippen LogP contribution < -0.4 is 0 Å². The number of carbonyl (C=O) groups excluding carboxylic acids is 2. The van der Waals surface area contributed by atoms with Crippen molar-refractivity contribution in [2.75, 3.05) is 0 Å². The Morgan fingerprint density at radius 1 is 0.825 bits per heavy atom. The van der Waals surface area contributed by atoms with Gasteiger partial charge < -0.3 is 4.57 Å². The molecule has 1 fully saturated rings. The average Bonchev–Trinajstić information content (AvgIpc) is 3.38. The van der Waals surface area contributed by atoms with Gasteiger partial charge in [-0.05, 0) is 21.7 Å². The Balaban J connectivity index is 1.73. The minimum absolute atomic E-state index is 0.100. The van der Waals surface area contributed by atoms with Crippen molar-refractivity contribution in [2.45, 2.75) is 49.0 Å². The number of hydrogen-bond acceptors (Lipinski definition) is 5. The molecule has 3 aromatic carbocycles. The van der Waals surface area contributed by atoms with Gasteiger partial charge in [0.05, 0.1) is 16.3 Å². The van der Waals surface area contributed by atoms with E-state index in [1.165, 1.54) is 4.68 Å². The highest BCUT2D eigenvalue weighted by atomic mass is 32.2. The highest BCUT2D eigenvalue weighted by Gasteiger charge is 2.62. The molecule has 8 heteroatoms. The third kappa shape index (κ3) is 4.63. The fourth-order valence-corrected chi connectivity index (χ4v) is 10.2. The molecule has 2 atom stereocenters. The number of aromatic nitrogens is 3. The van der Waals surface area contributed by atoms with E-state index in [0.29, 0.717) is 0 Å². The molecule has 0 radical (unpaired) electrons. The second kappa shape index (κ2) is 10.5. The Kier molecular flexibility index (Phi) is 7.35. The molecule has 1 saturated heterocycles. The number of Topliss-reactive ketones (excluding diaryl/α,β-unsaturated/α-hetero) is 1. The maximum absolute atomic E-state index is 14.1. The van der Waals surface area contributed by atoms with Crippen LogP contribution in [0.3, 0.4) is 0 Å². The summed E-state index contributed by atoms with van der Waals surface area (Å²) in [6.07, 6.45) is 1.60. The van der Waals surface area contributed by atoms with Gasteiger partial charge in [0.2, 0.25) is 5.91 Å². The zero-order valence-corrected chi connectivity index (χ0v) is 25.7. The van der Waals surface area contributed by atoms with Gasteiger partial charge in [-0.1, -0.05) is 130 Å². The molecule has 0 aliphatic carbocycles. The Bertz CT molecular complexity index is 1400. The summed E-state index contributed by atoms with van der Waals surface area (Å²) in [4.78, 5) is 28.0. The zero-order valence-electron chi connectivity index (χ0n) is 23.9. The number of hydrogen-bond donors (Lipinski definition) is 0. The fourth-order valence-electron chi connectivity index (χ4n) is 5.30. The van der Waals surface area contributed by atoms with Crippen molar-refractivity contribution in [3.05, 3.63) is 120 Å². The minimum atomic E-state index is -2.36. The van der Waals surface area contributed by atoms with Gasteiger partial charge >= 0.3 is 0 Å². The summed E-state index contributed by atoms with van der Waals surface area (Å²) in [6.45, 7) is 11.1. The van der Waals surface area contributed by atoms with Gasteiger partial charge in [-0.25, -0.2) is 0 Å². The van der Waals surface area contributed by atoms with Crippen LogP contribution in [-0.2, 0) is 16.6 Å². The van der Waals surface area contributed by atoms with Crippen molar-refractivity contribution >= 4 is 31.7 Å². The molecule has 0 saturated carbocycles. The Hall–Kier alpha value is -3.49. The molecular formula is C32H36N4O2SSi. The summed E-state index contributed by atoms with van der Waals surface area (Å²) in [6, 6.07) is 31.2. The molecule has 206 valence electrons. The lowest BCUT2D eigenvalue weighted by molar-refractivity contribution is -0.140. The number of nitrogens with zero attached hydrogens (tertiary/aromatic N) is 4. The van der Waals surface area contributed by atoms with Crippen LogP contribution in [0.4, 0.5) is 0 Å². The molecule has 1 aromatic heterocycles. The minimum Gasteiger partial charge on any atom is -0.356 e. The topological polar surface area (TPSA) is 68.1 Å². The van der Waals surface area contributed by atoms with E-state index < -0.39 is 18.9 Å². The van der Waals surface area contributed by atoms with Gasteiger partial charge in [0.1, 0.15) is 11.6 Å². The molecule has 0 spiro atoms. The van der Waals surface area contributed by atoms with Gasteiger partial charge in [-0.2, -0.15) is 0 Å². The molecule has 0 N–H and O–H groups in total. The predicted molar refractivity (Wildman–Crippen MR) is 163 cm³/mol. The summed E-state index contributed by atoms with van der Waals surface area (Å²) in [5, 5.41) is 7.58. The van der Waals surface area contributed by atoms with Gasteiger partial charge in [0, 0.05) is 7.05 Å². The molecule has 0 unspecified atom stereocenters. The van der Waals surface area contributed by atoms with Gasteiger partial charge in [0.25, 0.3) is 0 Å². The van der Waals surface area contributed by atoms with Crippen molar-refractivity contribution in [1.82, 2.24) is 19.6 Å². The lowest BCUT2D eigenvalue weighted by Crippen LogP contribution is -2.73. The van der Waals surface area contributed by atoms with Crippen LogP contribution in [0.1, 0.15) is 48.0 Å². The van der Waals surface area contributed by atoms with Crippen molar-refractivity contribution < 1.29 is 9.59 Å². The van der Waals surface area contributed by atoms with E-state index in [1.807, 2.05) is 18.2 Å². The lowest BCUT2D eigenvalue weighted by Gasteiger charge is -2.59. The van der Waals surface area contributed by atoms with E-state index in [2.05, 4.69) is 122 Å². The highest BCUT2D eigenvalue weighted by molar-refractivity contribution is 8.01. The zero-order chi connectivity index (χ0) is 28.7. The van der Waals surface area contributed by atoms with E-state index in [0.717, 1.165) is 16.7 Å². The quantitative estimate of drug-likeness (QED) is 0.0797. The first-order chi connectivity index (χ1) is 19.0. The van der Waals surface area contributed by atoms with Crippen molar-refractivity contribution in [3.8, 4) is 0 Å². The van der Waals surface area contributed by atoms with Crippen LogP contribution in [0, 0.1) is 5.92 Å². The third-order valence-corrected chi connectivity index (χ3v) is 15.8. The standard InChI is InChI=1S/C32H36N4O2SSi/c1-31(2,3)40(5,6)36-29(38)27(28(37)26-22-35(4)34-33-26)30(36)39-32(23-16-10-7-11-17-23,24-18-12-8-13-19-24)25-20-14-9-15-21-25/h7-22,27,30H,1-6H3/t27-,30+/m0/s1. The normalized spacial score (nSPS) is 17.9. The summed E-state index contributed by atoms with van der Waals surface area (Å²) in [5.74, 6) is -1.22. The van der Waals surface area contributed by atoms with Crippen LogP contribution in [0.25, 0.3) is 0 Å². The number of β-lactam (4-membered cyclic amide) rings is 1. The van der Waals surface area contributed by atoms with Crippen LogP contribution >= 0.6 is 11.8 Å². The SMILES string of the molecule is Cn1cc(C(=O)[C@H]2C(=O)N([Si](C)(C)C(C)(C)C)[C@@H]2SC(c2ccccc2)(c2ccccc2)c2ccccc2)nn1. The average molecular weight is 569 g/mol. The lowest BCUT2D eigenvalue weighted by atomic mass is 9.84. The summed E-state index contributed by atoms with van der Waals surface area (Å²) >= 11 is 1.69. The second-order valence-electron chi connectivity index (χ2n) is 11.9. The number of amides is 1. The molecule has 4 aromatic rings. The van der Waals surface area contributed by atoms with Gasteiger partial charge in [0.15, 0.2) is 14.0 Å². The van der Waals surface area contributed by atoms with E-state index in [1.54, 1.807) is 25.0 Å². The predicted octanol–water partition coefficient (Wildman–Crippen LogP) is 6.51. The third-order valence-electron chi connectivity index (χ3n) is 8.46. The van der Waals surface area contributed by atoms with Gasteiger partial charge in [-0.15, -0.1) is 16.9 Å². The number of benzene rings is 3. The molecule has 1 amide bonds. The Morgan fingerprint density at radius 2 is 1.27 bits per heavy atom. The number of thioether (sulfide) groups is 1. The molecular weight excluding hydrogens is 533 g/mol. The first-order valence-corrected chi connectivity index (χ1v) is 17.4. The summed E-state index contributed by atoms with van der Waals surface area (Å²) in [7, 11) is -0.636. The van der Waals surface area contributed by atoms with E-state index in [-0.39, 0.29) is 27.8 Å². The maximum Gasteiger partial charge on any atom is 0.229 e. The van der Waals surface area contributed by atoms with Crippen LogP contribution in [0.15, 0.2) is 97.2 Å². The molecule has 6 nitrogen and oxygen atoms in total. The first kappa shape index (κ1) is 28.1. The Morgan fingerprint density at radius 3 is 1.65 bits per heavy atom. The van der Waals surface area contributed by atoms with Crippen LogP contribution in [-0.4, -0.2) is 44.9 Å². The molecule has 1 aliphatic heterocycles.